The lowest BCUT2D eigenvalue weighted by molar-refractivity contribution is 0.529. The highest BCUT2D eigenvalue weighted by molar-refractivity contribution is 5.67. The molecule has 0 spiro atoms. The second kappa shape index (κ2) is 5.17. The molecule has 19 heavy (non-hydrogen) atoms. The van der Waals surface area contributed by atoms with Gasteiger partial charge in [0.25, 0.3) is 0 Å². The summed E-state index contributed by atoms with van der Waals surface area (Å²) in [6, 6.07) is 9.30. The quantitative estimate of drug-likeness (QED) is 0.910. The van der Waals surface area contributed by atoms with Crippen LogP contribution < -0.4 is 5.32 Å². The van der Waals surface area contributed by atoms with E-state index in [-0.39, 0.29) is 0 Å². The lowest BCUT2D eigenvalue weighted by Gasteiger charge is -2.14. The molecule has 100 valence electrons. The van der Waals surface area contributed by atoms with E-state index in [0.717, 1.165) is 13.0 Å². The van der Waals surface area contributed by atoms with Crippen molar-refractivity contribution in [3.05, 3.63) is 41.6 Å². The van der Waals surface area contributed by atoms with Crippen LogP contribution in [0.3, 0.4) is 0 Å². The molecular weight excluding hydrogens is 234 g/mol. The van der Waals surface area contributed by atoms with Gasteiger partial charge in [-0.15, -0.1) is 0 Å². The Morgan fingerprint density at radius 1 is 1.37 bits per heavy atom. The normalized spacial score (nSPS) is 17.7. The Bertz CT molecular complexity index is 571. The summed E-state index contributed by atoms with van der Waals surface area (Å²) in [7, 11) is 2.01. The maximum absolute atomic E-state index is 4.29. The van der Waals surface area contributed by atoms with Gasteiger partial charge < -0.3 is 5.32 Å². The van der Waals surface area contributed by atoms with Gasteiger partial charge in [-0.3, -0.25) is 4.68 Å². The molecule has 1 aliphatic carbocycles. The summed E-state index contributed by atoms with van der Waals surface area (Å²) in [4.78, 5) is 0. The number of aryl methyl sites for hydroxylation is 1. The first kappa shape index (κ1) is 12.4. The van der Waals surface area contributed by atoms with Crippen molar-refractivity contribution in [3.8, 4) is 11.3 Å². The van der Waals surface area contributed by atoms with Crippen LogP contribution in [0.1, 0.15) is 36.9 Å². The average molecular weight is 255 g/mol. The fourth-order valence-corrected chi connectivity index (χ4v) is 3.06. The van der Waals surface area contributed by atoms with Crippen molar-refractivity contribution in [2.45, 2.75) is 32.2 Å². The molecule has 0 radical (unpaired) electrons. The third kappa shape index (κ3) is 2.19. The monoisotopic (exact) mass is 255 g/mol. The Labute approximate surface area is 114 Å². The van der Waals surface area contributed by atoms with Crippen LogP contribution in [0.5, 0.6) is 0 Å². The number of aromatic nitrogens is 2. The van der Waals surface area contributed by atoms with E-state index >= 15 is 0 Å². The molecule has 0 amide bonds. The minimum atomic E-state index is 0.531. The lowest BCUT2D eigenvalue weighted by atomic mass is 10.00. The zero-order valence-electron chi connectivity index (χ0n) is 11.7. The van der Waals surface area contributed by atoms with Gasteiger partial charge in [-0.2, -0.15) is 5.10 Å². The first-order chi connectivity index (χ1) is 9.31. The van der Waals surface area contributed by atoms with Crippen molar-refractivity contribution >= 4 is 0 Å². The van der Waals surface area contributed by atoms with Crippen molar-refractivity contribution in [2.75, 3.05) is 6.54 Å². The van der Waals surface area contributed by atoms with Gasteiger partial charge in [-0.1, -0.05) is 25.1 Å². The number of rotatable bonds is 4. The van der Waals surface area contributed by atoms with E-state index in [2.05, 4.69) is 41.6 Å². The molecule has 2 aromatic rings. The Balaban J connectivity index is 1.98. The van der Waals surface area contributed by atoms with E-state index < -0.39 is 0 Å². The van der Waals surface area contributed by atoms with Gasteiger partial charge in [0, 0.05) is 24.8 Å². The maximum Gasteiger partial charge on any atom is 0.0681 e. The smallest absolute Gasteiger partial charge is 0.0681 e. The molecule has 1 N–H and O–H groups in total. The summed E-state index contributed by atoms with van der Waals surface area (Å²) in [5, 5.41) is 7.94. The minimum Gasteiger partial charge on any atom is -0.310 e. The van der Waals surface area contributed by atoms with Crippen molar-refractivity contribution < 1.29 is 0 Å². The summed E-state index contributed by atoms with van der Waals surface area (Å²) in [6.07, 6.45) is 5.44. The highest BCUT2D eigenvalue weighted by Crippen LogP contribution is 2.37. The summed E-state index contributed by atoms with van der Waals surface area (Å²) < 4.78 is 1.96. The number of nitrogens with one attached hydrogen (secondary N) is 1. The molecule has 1 aromatic heterocycles. The van der Waals surface area contributed by atoms with Gasteiger partial charge in [0.2, 0.25) is 0 Å². The number of benzene rings is 1. The van der Waals surface area contributed by atoms with E-state index in [1.165, 1.54) is 35.2 Å². The Morgan fingerprint density at radius 2 is 2.26 bits per heavy atom. The molecule has 0 saturated heterocycles. The predicted molar refractivity (Wildman–Crippen MR) is 78.0 cm³/mol. The van der Waals surface area contributed by atoms with Crippen molar-refractivity contribution in [2.24, 2.45) is 7.05 Å². The summed E-state index contributed by atoms with van der Waals surface area (Å²) >= 11 is 0. The number of hydrogen-bond donors (Lipinski definition) is 1. The van der Waals surface area contributed by atoms with Crippen LogP contribution in [0, 0.1) is 0 Å². The van der Waals surface area contributed by atoms with Crippen LogP contribution in [-0.4, -0.2) is 16.3 Å². The number of fused-ring (bicyclic) bond motifs is 1. The van der Waals surface area contributed by atoms with Crippen molar-refractivity contribution in [1.82, 2.24) is 15.1 Å². The second-order valence-corrected chi connectivity index (χ2v) is 5.26. The highest BCUT2D eigenvalue weighted by Gasteiger charge is 2.24. The van der Waals surface area contributed by atoms with Crippen LogP contribution in [0.25, 0.3) is 11.3 Å². The summed E-state index contributed by atoms with van der Waals surface area (Å²) in [5.41, 5.74) is 5.54. The van der Waals surface area contributed by atoms with E-state index in [1.54, 1.807) is 0 Å². The van der Waals surface area contributed by atoms with Gasteiger partial charge in [0.15, 0.2) is 0 Å². The number of nitrogens with zero attached hydrogens (tertiary/aromatic N) is 2. The molecular formula is C16H21N3. The average Bonchev–Trinajstić information content (AvgIpc) is 3.02. The Morgan fingerprint density at radius 3 is 3.00 bits per heavy atom. The Hall–Kier alpha value is -1.61. The molecule has 1 aromatic carbocycles. The van der Waals surface area contributed by atoms with Gasteiger partial charge in [0.05, 0.1) is 5.69 Å². The molecule has 3 rings (SSSR count). The van der Waals surface area contributed by atoms with Crippen molar-refractivity contribution in [3.63, 3.8) is 0 Å². The lowest BCUT2D eigenvalue weighted by Crippen LogP contribution is -2.19. The van der Waals surface area contributed by atoms with Crippen LogP contribution in [0.2, 0.25) is 0 Å². The van der Waals surface area contributed by atoms with E-state index in [9.17, 15) is 0 Å². The predicted octanol–water partition coefficient (Wildman–Crippen LogP) is 3.07. The molecule has 1 heterocycles. The largest absolute Gasteiger partial charge is 0.310 e. The van der Waals surface area contributed by atoms with E-state index in [4.69, 9.17) is 0 Å². The fraction of sp³-hybridized carbons (Fsp3) is 0.438. The van der Waals surface area contributed by atoms with E-state index in [0.29, 0.717) is 6.04 Å². The highest BCUT2D eigenvalue weighted by atomic mass is 15.3. The van der Waals surface area contributed by atoms with Gasteiger partial charge in [-0.25, -0.2) is 0 Å². The van der Waals surface area contributed by atoms with Crippen molar-refractivity contribution in [1.29, 1.82) is 0 Å². The molecule has 1 aliphatic rings. The molecule has 0 bridgehead atoms. The topological polar surface area (TPSA) is 29.9 Å². The second-order valence-electron chi connectivity index (χ2n) is 5.26. The SMILES string of the molecule is CCCNC1CCc2c(-c3ccnn3C)cccc21. The molecule has 0 saturated carbocycles. The fourth-order valence-electron chi connectivity index (χ4n) is 3.06. The maximum atomic E-state index is 4.29. The zero-order valence-corrected chi connectivity index (χ0v) is 11.7. The molecule has 0 fully saturated rings. The van der Waals surface area contributed by atoms with Gasteiger partial charge in [-0.05, 0) is 43.0 Å². The molecule has 1 atom stereocenters. The summed E-state index contributed by atoms with van der Waals surface area (Å²) in [5.74, 6) is 0. The minimum absolute atomic E-state index is 0.531. The van der Waals surface area contributed by atoms with Crippen LogP contribution >= 0.6 is 0 Å². The third-order valence-corrected chi connectivity index (χ3v) is 4.01. The standard InChI is InChI=1S/C16H21N3/c1-3-10-17-15-8-7-12-13(15)5-4-6-14(12)16-9-11-18-19(16)2/h4-6,9,11,15,17H,3,7-8,10H2,1-2H3. The summed E-state index contributed by atoms with van der Waals surface area (Å²) in [6.45, 7) is 3.31. The van der Waals surface area contributed by atoms with Gasteiger partial charge in [0.1, 0.15) is 0 Å². The molecule has 3 heteroatoms. The first-order valence-corrected chi connectivity index (χ1v) is 7.14. The zero-order chi connectivity index (χ0) is 13.2. The van der Waals surface area contributed by atoms with Crippen LogP contribution in [0.15, 0.2) is 30.5 Å². The van der Waals surface area contributed by atoms with E-state index in [1.807, 2.05) is 17.9 Å². The third-order valence-electron chi connectivity index (χ3n) is 4.01. The molecule has 0 aliphatic heterocycles. The van der Waals surface area contributed by atoms with Gasteiger partial charge >= 0.3 is 0 Å². The van der Waals surface area contributed by atoms with Crippen LogP contribution in [-0.2, 0) is 13.5 Å². The molecule has 1 unspecified atom stereocenters. The Kier molecular flexibility index (Phi) is 3.38. The first-order valence-electron chi connectivity index (χ1n) is 7.14. The molecule has 3 nitrogen and oxygen atoms in total. The van der Waals surface area contributed by atoms with Crippen LogP contribution in [0.4, 0.5) is 0 Å². The number of hydrogen-bond acceptors (Lipinski definition) is 2.